The zero-order valence-corrected chi connectivity index (χ0v) is 20.3. The Morgan fingerprint density at radius 2 is 1.83 bits per heavy atom. The number of benzene rings is 2. The minimum absolute atomic E-state index is 0.0570. The summed E-state index contributed by atoms with van der Waals surface area (Å²) in [4.78, 5) is 16.9. The fourth-order valence-electron chi connectivity index (χ4n) is 5.16. The molecule has 0 saturated carbocycles. The minimum Gasteiger partial charge on any atom is -0.310 e. The number of carbonyl (C=O) groups is 1. The predicted octanol–water partition coefficient (Wildman–Crippen LogP) is 7.49. The average molecular weight is 510 g/mol. The Kier molecular flexibility index (Phi) is 5.61. The fourth-order valence-corrected chi connectivity index (χ4v) is 6.69. The van der Waals surface area contributed by atoms with E-state index in [0.29, 0.717) is 11.6 Å². The number of aromatic nitrogens is 1. The van der Waals surface area contributed by atoms with Crippen molar-refractivity contribution in [2.45, 2.75) is 38.3 Å². The van der Waals surface area contributed by atoms with Crippen LogP contribution >= 0.6 is 22.9 Å². The molecular weight excluding hydrogens is 488 g/mol. The van der Waals surface area contributed by atoms with E-state index in [-0.39, 0.29) is 5.69 Å². The SMILES string of the molecule is O=C(Nc1ccc(F)cc1F)N1Cc2c(sc3c2CCCC3)-n2cccc2[C@H]1c1ccc(Cl)cc1. The van der Waals surface area contributed by atoms with Crippen molar-refractivity contribution in [1.29, 1.82) is 0 Å². The van der Waals surface area contributed by atoms with Crippen molar-refractivity contribution in [3.05, 3.63) is 105 Å². The van der Waals surface area contributed by atoms with Crippen molar-refractivity contribution < 1.29 is 13.6 Å². The van der Waals surface area contributed by atoms with Gasteiger partial charge in [0.1, 0.15) is 16.6 Å². The molecule has 4 aromatic rings. The normalized spacial score (nSPS) is 16.8. The topological polar surface area (TPSA) is 37.3 Å². The number of aryl methyl sites for hydroxylation is 1. The third kappa shape index (κ3) is 3.93. The molecule has 0 bridgehead atoms. The van der Waals surface area contributed by atoms with Gasteiger partial charge in [0, 0.05) is 27.7 Å². The summed E-state index contributed by atoms with van der Waals surface area (Å²) >= 11 is 7.97. The second-order valence-corrected chi connectivity index (χ2v) is 10.5. The number of nitrogens with zero attached hydrogens (tertiary/aromatic N) is 2. The van der Waals surface area contributed by atoms with Crippen molar-refractivity contribution in [3.63, 3.8) is 0 Å². The standard InChI is InChI=1S/C27H22ClF2N3OS/c28-17-9-7-16(8-10-17)25-23-5-3-13-32(23)26-20(19-4-1-2-6-24(19)35-26)15-33(25)27(34)31-22-12-11-18(29)14-21(22)30/h3,5,7-14,25H,1-2,4,6,15H2,(H,31,34)/t25-/m1/s1. The molecule has 1 N–H and O–H groups in total. The number of nitrogens with one attached hydrogen (secondary N) is 1. The molecule has 35 heavy (non-hydrogen) atoms. The van der Waals surface area contributed by atoms with Crippen LogP contribution in [0.2, 0.25) is 5.02 Å². The predicted molar refractivity (Wildman–Crippen MR) is 135 cm³/mol. The van der Waals surface area contributed by atoms with Crippen LogP contribution in [0.25, 0.3) is 5.00 Å². The van der Waals surface area contributed by atoms with Crippen molar-refractivity contribution in [3.8, 4) is 5.00 Å². The van der Waals surface area contributed by atoms with Gasteiger partial charge in [-0.2, -0.15) is 0 Å². The molecule has 4 nitrogen and oxygen atoms in total. The molecule has 0 saturated heterocycles. The first kappa shape index (κ1) is 22.3. The van der Waals surface area contributed by atoms with Gasteiger partial charge >= 0.3 is 6.03 Å². The van der Waals surface area contributed by atoms with Gasteiger partial charge in [0.2, 0.25) is 0 Å². The second kappa shape index (κ2) is 8.81. The van der Waals surface area contributed by atoms with Gasteiger partial charge in [-0.3, -0.25) is 0 Å². The van der Waals surface area contributed by atoms with E-state index in [4.69, 9.17) is 11.6 Å². The molecular formula is C27H22ClF2N3OS. The van der Waals surface area contributed by atoms with Crippen LogP contribution < -0.4 is 5.32 Å². The Bertz CT molecular complexity index is 1430. The molecule has 8 heteroatoms. The highest BCUT2D eigenvalue weighted by Crippen LogP contribution is 2.44. The van der Waals surface area contributed by atoms with Crippen LogP contribution in [0.5, 0.6) is 0 Å². The molecule has 2 aromatic carbocycles. The maximum atomic E-state index is 14.4. The van der Waals surface area contributed by atoms with Crippen LogP contribution in [-0.4, -0.2) is 15.5 Å². The Morgan fingerprint density at radius 1 is 1.03 bits per heavy atom. The lowest BCUT2D eigenvalue weighted by Gasteiger charge is -2.31. The Labute approximate surface area is 210 Å². The van der Waals surface area contributed by atoms with Gasteiger partial charge in [0.15, 0.2) is 0 Å². The third-order valence-corrected chi connectivity index (χ3v) is 8.38. The van der Waals surface area contributed by atoms with E-state index in [1.165, 1.54) is 22.9 Å². The largest absolute Gasteiger partial charge is 0.323 e. The molecule has 1 aliphatic carbocycles. The van der Waals surface area contributed by atoms with Crippen LogP contribution in [-0.2, 0) is 19.4 Å². The summed E-state index contributed by atoms with van der Waals surface area (Å²) in [6, 6.07) is 13.7. The zero-order chi connectivity index (χ0) is 24.1. The lowest BCUT2D eigenvalue weighted by Crippen LogP contribution is -2.38. The first-order valence-electron chi connectivity index (χ1n) is 11.6. The summed E-state index contributed by atoms with van der Waals surface area (Å²) in [6.45, 7) is 0.380. The van der Waals surface area contributed by atoms with Crippen LogP contribution in [0.15, 0.2) is 60.8 Å². The monoisotopic (exact) mass is 509 g/mol. The summed E-state index contributed by atoms with van der Waals surface area (Å²) in [5.74, 6) is -1.50. The van der Waals surface area contributed by atoms with Gasteiger partial charge in [0.05, 0.1) is 24.0 Å². The van der Waals surface area contributed by atoms with E-state index in [1.54, 1.807) is 16.2 Å². The Morgan fingerprint density at radius 3 is 2.63 bits per heavy atom. The van der Waals surface area contributed by atoms with Crippen molar-refractivity contribution in [2.75, 3.05) is 5.32 Å². The maximum Gasteiger partial charge on any atom is 0.323 e. The molecule has 0 fully saturated rings. The molecule has 3 heterocycles. The van der Waals surface area contributed by atoms with Crippen LogP contribution in [0, 0.1) is 11.6 Å². The number of halogens is 3. The van der Waals surface area contributed by atoms with E-state index < -0.39 is 23.7 Å². The number of rotatable bonds is 2. The second-order valence-electron chi connectivity index (χ2n) is 8.93. The highest BCUT2D eigenvalue weighted by Gasteiger charge is 2.36. The minimum atomic E-state index is -0.812. The molecule has 1 aliphatic heterocycles. The molecule has 2 aliphatic rings. The number of carbonyl (C=O) groups excluding carboxylic acids is 1. The van der Waals surface area contributed by atoms with Gasteiger partial charge < -0.3 is 14.8 Å². The number of fused-ring (bicyclic) bond motifs is 5. The molecule has 0 unspecified atom stereocenters. The first-order valence-corrected chi connectivity index (χ1v) is 12.8. The van der Waals surface area contributed by atoms with E-state index in [1.807, 2.05) is 42.6 Å². The fraction of sp³-hybridized carbons (Fsp3) is 0.222. The molecule has 1 atom stereocenters. The Hall–Kier alpha value is -3.16. The molecule has 2 aromatic heterocycles. The van der Waals surface area contributed by atoms with Gasteiger partial charge in [-0.1, -0.05) is 23.7 Å². The zero-order valence-electron chi connectivity index (χ0n) is 18.7. The van der Waals surface area contributed by atoms with Crippen LogP contribution in [0.1, 0.15) is 46.1 Å². The van der Waals surface area contributed by atoms with E-state index >= 15 is 0 Å². The number of anilines is 1. The number of hydrogen-bond acceptors (Lipinski definition) is 2. The summed E-state index contributed by atoms with van der Waals surface area (Å²) in [5, 5.41) is 4.43. The highest BCUT2D eigenvalue weighted by molar-refractivity contribution is 7.15. The number of urea groups is 1. The first-order chi connectivity index (χ1) is 17.0. The summed E-state index contributed by atoms with van der Waals surface area (Å²) < 4.78 is 30.1. The van der Waals surface area contributed by atoms with E-state index in [2.05, 4.69) is 9.88 Å². The third-order valence-electron chi connectivity index (χ3n) is 6.80. The number of thiophene rings is 1. The summed E-state index contributed by atoms with van der Waals surface area (Å²) in [7, 11) is 0. The number of hydrogen-bond donors (Lipinski definition) is 1. The average Bonchev–Trinajstić information content (AvgIpc) is 3.43. The quantitative estimate of drug-likeness (QED) is 0.298. The molecule has 2 amide bonds. The van der Waals surface area contributed by atoms with Gasteiger partial charge in [-0.25, -0.2) is 13.6 Å². The molecule has 6 rings (SSSR count). The van der Waals surface area contributed by atoms with Crippen LogP contribution in [0.4, 0.5) is 19.3 Å². The molecule has 0 spiro atoms. The molecule has 178 valence electrons. The Balaban J connectivity index is 1.49. The van der Waals surface area contributed by atoms with Gasteiger partial charge in [-0.05, 0) is 73.2 Å². The highest BCUT2D eigenvalue weighted by atomic mass is 35.5. The van der Waals surface area contributed by atoms with E-state index in [9.17, 15) is 13.6 Å². The van der Waals surface area contributed by atoms with Crippen molar-refractivity contribution >= 4 is 34.7 Å². The van der Waals surface area contributed by atoms with E-state index in [0.717, 1.165) is 53.2 Å². The van der Waals surface area contributed by atoms with Crippen molar-refractivity contribution in [2.24, 2.45) is 0 Å². The summed E-state index contributed by atoms with van der Waals surface area (Å²) in [5.41, 5.74) is 4.26. The maximum absolute atomic E-state index is 14.4. The lowest BCUT2D eigenvalue weighted by atomic mass is 9.95. The van der Waals surface area contributed by atoms with Crippen LogP contribution in [0.3, 0.4) is 0 Å². The molecule has 0 radical (unpaired) electrons. The summed E-state index contributed by atoms with van der Waals surface area (Å²) in [6.07, 6.45) is 6.39. The number of amides is 2. The lowest BCUT2D eigenvalue weighted by molar-refractivity contribution is 0.194. The van der Waals surface area contributed by atoms with Gasteiger partial charge in [0.25, 0.3) is 0 Å². The van der Waals surface area contributed by atoms with Gasteiger partial charge in [-0.15, -0.1) is 11.3 Å². The van der Waals surface area contributed by atoms with Crippen molar-refractivity contribution in [1.82, 2.24) is 9.47 Å². The smallest absolute Gasteiger partial charge is 0.310 e.